The summed E-state index contributed by atoms with van der Waals surface area (Å²) < 4.78 is 1.75. The normalized spacial score (nSPS) is 19.7. The highest BCUT2D eigenvalue weighted by Gasteiger charge is 2.14. The van der Waals surface area contributed by atoms with Gasteiger partial charge < -0.3 is 10.6 Å². The number of carbonyl (C=O) groups is 1. The number of aromatic nitrogens is 2. The Labute approximate surface area is 108 Å². The molecule has 0 spiro atoms. The van der Waals surface area contributed by atoms with E-state index in [2.05, 4.69) is 15.7 Å². The quantitative estimate of drug-likeness (QED) is 0.813. The molecule has 18 heavy (non-hydrogen) atoms. The predicted molar refractivity (Wildman–Crippen MR) is 69.9 cm³/mol. The average Bonchev–Trinajstić information content (AvgIpc) is 2.81. The van der Waals surface area contributed by atoms with Crippen molar-refractivity contribution in [1.29, 1.82) is 0 Å². The van der Waals surface area contributed by atoms with Crippen molar-refractivity contribution in [2.45, 2.75) is 32.2 Å². The van der Waals surface area contributed by atoms with Gasteiger partial charge in [0.15, 0.2) is 0 Å². The minimum atomic E-state index is 0.131. The Morgan fingerprint density at radius 3 is 3.22 bits per heavy atom. The Kier molecular flexibility index (Phi) is 4.75. The average molecular weight is 250 g/mol. The number of piperidine rings is 1. The fourth-order valence-corrected chi connectivity index (χ4v) is 2.34. The van der Waals surface area contributed by atoms with E-state index in [4.69, 9.17) is 0 Å². The van der Waals surface area contributed by atoms with Crippen LogP contribution in [0.5, 0.6) is 0 Å². The van der Waals surface area contributed by atoms with Gasteiger partial charge in [0.05, 0.1) is 12.2 Å². The van der Waals surface area contributed by atoms with Gasteiger partial charge in [-0.2, -0.15) is 5.10 Å². The first-order valence-corrected chi connectivity index (χ1v) is 6.70. The van der Waals surface area contributed by atoms with E-state index < -0.39 is 0 Å². The van der Waals surface area contributed by atoms with Crippen LogP contribution < -0.4 is 10.6 Å². The van der Waals surface area contributed by atoms with E-state index in [9.17, 15) is 4.79 Å². The molecular weight excluding hydrogens is 228 g/mol. The molecule has 100 valence electrons. The van der Waals surface area contributed by atoms with Gasteiger partial charge in [-0.25, -0.2) is 0 Å². The topological polar surface area (TPSA) is 59.0 Å². The summed E-state index contributed by atoms with van der Waals surface area (Å²) in [4.78, 5) is 11.7. The summed E-state index contributed by atoms with van der Waals surface area (Å²) in [6.07, 6.45) is 5.98. The maximum absolute atomic E-state index is 11.7. The predicted octanol–water partition coefficient (Wildman–Crippen LogP) is 0.816. The zero-order valence-electron chi connectivity index (χ0n) is 11.0. The molecule has 1 atom stereocenters. The molecule has 0 aliphatic carbocycles. The van der Waals surface area contributed by atoms with Crippen LogP contribution in [-0.4, -0.2) is 28.8 Å². The molecule has 0 saturated carbocycles. The van der Waals surface area contributed by atoms with Crippen molar-refractivity contribution in [3.8, 4) is 0 Å². The minimum absolute atomic E-state index is 0.131. The molecule has 2 rings (SSSR count). The number of amides is 1. The Hall–Kier alpha value is -1.36. The van der Waals surface area contributed by atoms with Crippen LogP contribution in [0.15, 0.2) is 12.3 Å². The lowest BCUT2D eigenvalue weighted by Gasteiger charge is -2.22. The van der Waals surface area contributed by atoms with Crippen LogP contribution >= 0.6 is 0 Å². The molecule has 0 radical (unpaired) electrons. The largest absolute Gasteiger partial charge is 0.350 e. The van der Waals surface area contributed by atoms with Crippen molar-refractivity contribution in [3.63, 3.8) is 0 Å². The highest BCUT2D eigenvalue weighted by Crippen LogP contribution is 2.15. The third-order valence-corrected chi connectivity index (χ3v) is 3.41. The molecule has 1 unspecified atom stereocenters. The van der Waals surface area contributed by atoms with Crippen molar-refractivity contribution >= 4 is 5.91 Å². The van der Waals surface area contributed by atoms with Crippen LogP contribution in [0.25, 0.3) is 0 Å². The standard InChI is InChI=1S/C13H22N4O/c1-17-8-6-12(16-17)10-15-13(18)5-4-11-3-2-7-14-9-11/h6,8,11,14H,2-5,7,9-10H2,1H3,(H,15,18). The van der Waals surface area contributed by atoms with Gasteiger partial charge in [0.25, 0.3) is 0 Å². The fraction of sp³-hybridized carbons (Fsp3) is 0.692. The molecule has 1 amide bonds. The zero-order valence-corrected chi connectivity index (χ0v) is 11.0. The smallest absolute Gasteiger partial charge is 0.220 e. The van der Waals surface area contributed by atoms with Crippen molar-refractivity contribution < 1.29 is 4.79 Å². The molecule has 1 aliphatic rings. The lowest BCUT2D eigenvalue weighted by atomic mass is 9.94. The molecule has 1 fully saturated rings. The Morgan fingerprint density at radius 1 is 1.67 bits per heavy atom. The first-order valence-electron chi connectivity index (χ1n) is 6.70. The Morgan fingerprint density at radius 2 is 2.56 bits per heavy atom. The Bertz CT molecular complexity index is 382. The zero-order chi connectivity index (χ0) is 12.8. The van der Waals surface area contributed by atoms with Gasteiger partial charge >= 0.3 is 0 Å². The summed E-state index contributed by atoms with van der Waals surface area (Å²) in [5.41, 5.74) is 0.908. The van der Waals surface area contributed by atoms with Gasteiger partial charge in [-0.1, -0.05) is 0 Å². The van der Waals surface area contributed by atoms with E-state index in [1.165, 1.54) is 12.8 Å². The summed E-state index contributed by atoms with van der Waals surface area (Å²) in [7, 11) is 1.88. The van der Waals surface area contributed by atoms with E-state index in [0.717, 1.165) is 25.2 Å². The van der Waals surface area contributed by atoms with Gasteiger partial charge in [0.2, 0.25) is 5.91 Å². The van der Waals surface area contributed by atoms with Gasteiger partial charge in [0, 0.05) is 19.7 Å². The van der Waals surface area contributed by atoms with Crippen LogP contribution in [-0.2, 0) is 18.4 Å². The van der Waals surface area contributed by atoms with Crippen molar-refractivity contribution in [2.24, 2.45) is 13.0 Å². The summed E-state index contributed by atoms with van der Waals surface area (Å²) in [5.74, 6) is 0.797. The first kappa shape index (κ1) is 13.1. The maximum atomic E-state index is 11.7. The van der Waals surface area contributed by atoms with Crippen LogP contribution in [0.1, 0.15) is 31.4 Å². The van der Waals surface area contributed by atoms with E-state index in [1.807, 2.05) is 19.3 Å². The molecule has 1 aromatic heterocycles. The molecule has 0 aromatic carbocycles. The molecule has 5 heteroatoms. The SMILES string of the molecule is Cn1ccc(CNC(=O)CCC2CCCNC2)n1. The third kappa shape index (κ3) is 4.14. The maximum Gasteiger partial charge on any atom is 0.220 e. The lowest BCUT2D eigenvalue weighted by molar-refractivity contribution is -0.121. The van der Waals surface area contributed by atoms with E-state index in [0.29, 0.717) is 18.9 Å². The number of aryl methyl sites for hydroxylation is 1. The van der Waals surface area contributed by atoms with Gasteiger partial charge in [-0.3, -0.25) is 9.48 Å². The first-order chi connectivity index (χ1) is 8.74. The number of carbonyl (C=O) groups excluding carboxylic acids is 1. The number of hydrogen-bond acceptors (Lipinski definition) is 3. The van der Waals surface area contributed by atoms with Gasteiger partial charge in [0.1, 0.15) is 0 Å². The summed E-state index contributed by atoms with van der Waals surface area (Å²) in [6.45, 7) is 2.72. The number of nitrogens with one attached hydrogen (secondary N) is 2. The van der Waals surface area contributed by atoms with E-state index in [1.54, 1.807) is 4.68 Å². The second kappa shape index (κ2) is 6.54. The lowest BCUT2D eigenvalue weighted by Crippen LogP contribution is -2.31. The van der Waals surface area contributed by atoms with Crippen LogP contribution in [0, 0.1) is 5.92 Å². The van der Waals surface area contributed by atoms with Gasteiger partial charge in [-0.05, 0) is 44.3 Å². The number of nitrogens with zero attached hydrogens (tertiary/aromatic N) is 2. The summed E-state index contributed by atoms with van der Waals surface area (Å²) in [5, 5.41) is 10.5. The molecular formula is C13H22N4O. The Balaban J connectivity index is 1.62. The highest BCUT2D eigenvalue weighted by molar-refractivity contribution is 5.75. The second-order valence-electron chi connectivity index (χ2n) is 5.01. The second-order valence-corrected chi connectivity index (χ2v) is 5.01. The number of rotatable bonds is 5. The highest BCUT2D eigenvalue weighted by atomic mass is 16.1. The van der Waals surface area contributed by atoms with Crippen molar-refractivity contribution in [3.05, 3.63) is 18.0 Å². The molecule has 2 N–H and O–H groups in total. The third-order valence-electron chi connectivity index (χ3n) is 3.41. The van der Waals surface area contributed by atoms with Gasteiger partial charge in [-0.15, -0.1) is 0 Å². The molecule has 1 aromatic rings. The molecule has 2 heterocycles. The van der Waals surface area contributed by atoms with E-state index >= 15 is 0 Å². The molecule has 1 saturated heterocycles. The molecule has 1 aliphatic heterocycles. The van der Waals surface area contributed by atoms with Crippen LogP contribution in [0.2, 0.25) is 0 Å². The molecule has 0 bridgehead atoms. The van der Waals surface area contributed by atoms with Crippen molar-refractivity contribution in [2.75, 3.05) is 13.1 Å². The monoisotopic (exact) mass is 250 g/mol. The van der Waals surface area contributed by atoms with Crippen LogP contribution in [0.4, 0.5) is 0 Å². The summed E-state index contributed by atoms with van der Waals surface area (Å²) in [6, 6.07) is 1.92. The fourth-order valence-electron chi connectivity index (χ4n) is 2.34. The number of hydrogen-bond donors (Lipinski definition) is 2. The minimum Gasteiger partial charge on any atom is -0.350 e. The van der Waals surface area contributed by atoms with Crippen LogP contribution in [0.3, 0.4) is 0 Å². The summed E-state index contributed by atoms with van der Waals surface area (Å²) >= 11 is 0. The molecule has 5 nitrogen and oxygen atoms in total. The van der Waals surface area contributed by atoms with Crippen molar-refractivity contribution in [1.82, 2.24) is 20.4 Å². The van der Waals surface area contributed by atoms with E-state index in [-0.39, 0.29) is 5.91 Å².